The topological polar surface area (TPSA) is 74.0 Å². The van der Waals surface area contributed by atoms with Crippen LogP contribution in [-0.2, 0) is 6.54 Å². The number of benzene rings is 2. The highest BCUT2D eigenvalue weighted by Crippen LogP contribution is 2.39. The molecule has 2 rings (SSSR count). The molecule has 0 saturated heterocycles. The summed E-state index contributed by atoms with van der Waals surface area (Å²) in [4.78, 5) is 14.8. The number of hydrogen-bond donors (Lipinski definition) is 1. The van der Waals surface area contributed by atoms with Gasteiger partial charge < -0.3 is 24.8 Å². The number of amides is 1. The Balaban J connectivity index is 0.00000420. The van der Waals surface area contributed by atoms with Gasteiger partial charge in [0.25, 0.3) is 5.91 Å². The smallest absolute Gasteiger partial charge is 0.387 e. The van der Waals surface area contributed by atoms with Crippen LogP contribution in [0.25, 0.3) is 0 Å². The third-order valence-corrected chi connectivity index (χ3v) is 4.05. The average Bonchev–Trinajstić information content (AvgIpc) is 2.71. The number of nitrogens with zero attached hydrogens (tertiary/aromatic N) is 1. The average molecular weight is 431 g/mol. The van der Waals surface area contributed by atoms with Crippen molar-refractivity contribution < 1.29 is 27.8 Å². The second kappa shape index (κ2) is 12.1. The Labute approximate surface area is 174 Å². The highest BCUT2D eigenvalue weighted by molar-refractivity contribution is 5.95. The number of carbonyl (C=O) groups excluding carboxylic acids is 1. The molecule has 0 atom stereocenters. The van der Waals surface area contributed by atoms with Crippen LogP contribution in [0, 0.1) is 0 Å². The van der Waals surface area contributed by atoms with Crippen LogP contribution in [0.3, 0.4) is 0 Å². The van der Waals surface area contributed by atoms with E-state index < -0.39 is 6.61 Å². The first-order valence-electron chi connectivity index (χ1n) is 8.74. The van der Waals surface area contributed by atoms with Crippen LogP contribution in [0.5, 0.6) is 17.2 Å². The fraction of sp³-hybridized carbons (Fsp3) is 0.350. The van der Waals surface area contributed by atoms with Gasteiger partial charge >= 0.3 is 6.61 Å². The van der Waals surface area contributed by atoms with Crippen molar-refractivity contribution in [3.8, 4) is 17.2 Å². The molecule has 2 aromatic rings. The number of carbonyl (C=O) groups is 1. The van der Waals surface area contributed by atoms with Crippen LogP contribution in [0.1, 0.15) is 22.3 Å². The van der Waals surface area contributed by atoms with Crippen molar-refractivity contribution in [2.24, 2.45) is 5.73 Å². The first-order chi connectivity index (χ1) is 13.5. The minimum Gasteiger partial charge on any atom is -0.493 e. The van der Waals surface area contributed by atoms with Crippen LogP contribution >= 0.6 is 12.4 Å². The number of rotatable bonds is 10. The van der Waals surface area contributed by atoms with E-state index in [0.717, 1.165) is 5.56 Å². The molecule has 6 nitrogen and oxygen atoms in total. The van der Waals surface area contributed by atoms with E-state index in [9.17, 15) is 13.6 Å². The summed E-state index contributed by atoms with van der Waals surface area (Å²) in [5, 5.41) is 0. The Hall–Kier alpha value is -2.58. The first-order valence-corrected chi connectivity index (χ1v) is 8.74. The van der Waals surface area contributed by atoms with Gasteiger partial charge in [0.1, 0.15) is 0 Å². The zero-order valence-corrected chi connectivity index (χ0v) is 17.1. The molecule has 0 aliphatic rings. The number of halogens is 3. The molecule has 0 heterocycles. The Kier molecular flexibility index (Phi) is 10.2. The molecule has 9 heteroatoms. The number of alkyl halides is 2. The van der Waals surface area contributed by atoms with Gasteiger partial charge in [-0.1, -0.05) is 30.3 Å². The van der Waals surface area contributed by atoms with Crippen molar-refractivity contribution in [2.45, 2.75) is 19.6 Å². The summed E-state index contributed by atoms with van der Waals surface area (Å²) in [6.45, 7) is -1.78. The van der Waals surface area contributed by atoms with Crippen LogP contribution < -0.4 is 19.9 Å². The van der Waals surface area contributed by atoms with Gasteiger partial charge in [-0.3, -0.25) is 4.79 Å². The number of methoxy groups -OCH3 is 2. The van der Waals surface area contributed by atoms with Gasteiger partial charge in [0.05, 0.1) is 14.2 Å². The predicted octanol–water partition coefficient (Wildman–Crippen LogP) is 3.72. The van der Waals surface area contributed by atoms with Gasteiger partial charge in [0.2, 0.25) is 5.75 Å². The van der Waals surface area contributed by atoms with Crippen molar-refractivity contribution in [3.05, 3.63) is 53.6 Å². The molecule has 0 saturated carbocycles. The van der Waals surface area contributed by atoms with E-state index in [1.165, 1.54) is 26.4 Å². The fourth-order valence-electron chi connectivity index (χ4n) is 2.73. The van der Waals surface area contributed by atoms with Gasteiger partial charge in [-0.15, -0.1) is 12.4 Å². The molecule has 0 spiro atoms. The number of hydrogen-bond acceptors (Lipinski definition) is 5. The molecule has 2 N–H and O–H groups in total. The molecular weight excluding hydrogens is 406 g/mol. The minimum atomic E-state index is -3.05. The van der Waals surface area contributed by atoms with E-state index in [2.05, 4.69) is 4.74 Å². The highest BCUT2D eigenvalue weighted by atomic mass is 35.5. The molecule has 0 aliphatic carbocycles. The number of ether oxygens (including phenoxy) is 3. The molecule has 0 unspecified atom stereocenters. The monoisotopic (exact) mass is 430 g/mol. The molecule has 0 aromatic heterocycles. The molecule has 160 valence electrons. The summed E-state index contributed by atoms with van der Waals surface area (Å²) in [6.07, 6.45) is 0.624. The summed E-state index contributed by atoms with van der Waals surface area (Å²) < 4.78 is 40.2. The normalized spacial score (nSPS) is 10.3. The lowest BCUT2D eigenvalue weighted by molar-refractivity contribution is -0.0526. The lowest BCUT2D eigenvalue weighted by Gasteiger charge is -2.24. The molecule has 29 heavy (non-hydrogen) atoms. The lowest BCUT2D eigenvalue weighted by Crippen LogP contribution is -2.32. The summed E-state index contributed by atoms with van der Waals surface area (Å²) >= 11 is 0. The second-order valence-electron chi connectivity index (χ2n) is 5.94. The predicted molar refractivity (Wildman–Crippen MR) is 108 cm³/mol. The quantitative estimate of drug-likeness (QED) is 0.622. The third-order valence-electron chi connectivity index (χ3n) is 4.05. The molecule has 0 aliphatic heterocycles. The summed E-state index contributed by atoms with van der Waals surface area (Å²) in [5.74, 6) is -0.575. The zero-order chi connectivity index (χ0) is 20.5. The lowest BCUT2D eigenvalue weighted by atomic mass is 10.1. The fourth-order valence-corrected chi connectivity index (χ4v) is 2.73. The van der Waals surface area contributed by atoms with Crippen LogP contribution in [0.2, 0.25) is 0 Å². The molecule has 0 fully saturated rings. The third kappa shape index (κ3) is 6.76. The van der Waals surface area contributed by atoms with E-state index >= 15 is 0 Å². The number of nitrogens with two attached hydrogens (primary N) is 1. The molecule has 0 bridgehead atoms. The summed E-state index contributed by atoms with van der Waals surface area (Å²) in [6, 6.07) is 12.2. The maximum atomic E-state index is 13.1. The molecule has 2 aromatic carbocycles. The van der Waals surface area contributed by atoms with Crippen LogP contribution in [0.15, 0.2) is 42.5 Å². The van der Waals surface area contributed by atoms with Gasteiger partial charge in [-0.25, -0.2) is 0 Å². The standard InChI is InChI=1S/C20H24F2N2O4.ClH/c1-26-16-11-15(12-17(27-2)18(16)28-20(21)22)19(25)24(10-6-9-23)13-14-7-4-3-5-8-14;/h3-5,7-8,11-12,20H,6,9-10,13,23H2,1-2H3;1H. The summed E-state index contributed by atoms with van der Waals surface area (Å²) in [5.41, 5.74) is 6.80. The highest BCUT2D eigenvalue weighted by Gasteiger charge is 2.23. The second-order valence-corrected chi connectivity index (χ2v) is 5.94. The van der Waals surface area contributed by atoms with Crippen molar-refractivity contribution in [2.75, 3.05) is 27.3 Å². The Morgan fingerprint density at radius 1 is 1.10 bits per heavy atom. The van der Waals surface area contributed by atoms with Gasteiger partial charge in [0.15, 0.2) is 11.5 Å². The molecule has 0 radical (unpaired) electrons. The van der Waals surface area contributed by atoms with Crippen molar-refractivity contribution in [1.29, 1.82) is 0 Å². The molecular formula is C20H25ClF2N2O4. The van der Waals surface area contributed by atoms with E-state index in [0.29, 0.717) is 26.1 Å². The SMILES string of the molecule is COc1cc(C(=O)N(CCCN)Cc2ccccc2)cc(OC)c1OC(F)F.Cl. The van der Waals surface area contributed by atoms with Crippen LogP contribution in [0.4, 0.5) is 8.78 Å². The van der Waals surface area contributed by atoms with E-state index in [-0.39, 0.29) is 41.1 Å². The minimum absolute atomic E-state index is 0. The van der Waals surface area contributed by atoms with E-state index in [1.807, 2.05) is 30.3 Å². The van der Waals surface area contributed by atoms with Crippen LogP contribution in [-0.4, -0.2) is 44.7 Å². The van der Waals surface area contributed by atoms with E-state index in [1.54, 1.807) is 4.90 Å². The Morgan fingerprint density at radius 3 is 2.17 bits per heavy atom. The maximum absolute atomic E-state index is 13.1. The Bertz CT molecular complexity index is 753. The van der Waals surface area contributed by atoms with Gasteiger partial charge in [-0.05, 0) is 30.7 Å². The van der Waals surface area contributed by atoms with Gasteiger partial charge in [-0.2, -0.15) is 8.78 Å². The largest absolute Gasteiger partial charge is 0.493 e. The van der Waals surface area contributed by atoms with Crippen molar-refractivity contribution in [3.63, 3.8) is 0 Å². The van der Waals surface area contributed by atoms with Gasteiger partial charge in [0, 0.05) is 18.7 Å². The summed E-state index contributed by atoms with van der Waals surface area (Å²) in [7, 11) is 2.61. The maximum Gasteiger partial charge on any atom is 0.387 e. The zero-order valence-electron chi connectivity index (χ0n) is 16.3. The first kappa shape index (κ1) is 24.5. The molecule has 1 amide bonds. The Morgan fingerprint density at radius 2 is 1.69 bits per heavy atom. The van der Waals surface area contributed by atoms with Crippen molar-refractivity contribution in [1.82, 2.24) is 4.90 Å². The van der Waals surface area contributed by atoms with Crippen molar-refractivity contribution >= 4 is 18.3 Å². The van der Waals surface area contributed by atoms with E-state index in [4.69, 9.17) is 15.2 Å².